The normalized spacial score (nSPS) is 10.4. The standard InChI is InChI=1S/C10H11FNO3/c1-7(6-11)9-5-8(15-2)3-4-10(9)12(13)14/h3-5H,6H2,1-2H3. The number of ether oxygens (including phenoxy) is 1. The van der Waals surface area contributed by atoms with Crippen LogP contribution in [0, 0.1) is 16.0 Å². The first-order chi connectivity index (χ1) is 7.10. The molecular weight excluding hydrogens is 201 g/mol. The van der Waals surface area contributed by atoms with Crippen molar-refractivity contribution in [3.63, 3.8) is 0 Å². The van der Waals surface area contributed by atoms with Crippen molar-refractivity contribution >= 4 is 5.69 Å². The van der Waals surface area contributed by atoms with Crippen molar-refractivity contribution in [2.45, 2.75) is 6.92 Å². The van der Waals surface area contributed by atoms with Crippen LogP contribution in [0.5, 0.6) is 5.75 Å². The minimum atomic E-state index is -0.714. The molecule has 0 spiro atoms. The summed E-state index contributed by atoms with van der Waals surface area (Å²) in [4.78, 5) is 10.1. The number of nitrogens with zero attached hydrogens (tertiary/aromatic N) is 1. The predicted molar refractivity (Wildman–Crippen MR) is 53.6 cm³/mol. The van der Waals surface area contributed by atoms with Crippen molar-refractivity contribution in [3.8, 4) is 5.75 Å². The Bertz CT molecular complexity index is 368. The van der Waals surface area contributed by atoms with Gasteiger partial charge in [-0.1, -0.05) is 6.92 Å². The zero-order chi connectivity index (χ0) is 11.4. The van der Waals surface area contributed by atoms with Crippen LogP contribution in [-0.4, -0.2) is 18.7 Å². The second kappa shape index (κ2) is 4.72. The van der Waals surface area contributed by atoms with Crippen LogP contribution in [0.25, 0.3) is 0 Å². The number of benzene rings is 1. The minimum absolute atomic E-state index is 0.106. The first kappa shape index (κ1) is 11.4. The molecule has 0 atom stereocenters. The molecule has 0 N–H and O–H groups in total. The van der Waals surface area contributed by atoms with Crippen molar-refractivity contribution in [2.75, 3.05) is 13.8 Å². The summed E-state index contributed by atoms with van der Waals surface area (Å²) in [7, 11) is 1.45. The third-order valence-electron chi connectivity index (χ3n) is 2.06. The minimum Gasteiger partial charge on any atom is -0.497 e. The van der Waals surface area contributed by atoms with Gasteiger partial charge in [-0.3, -0.25) is 14.5 Å². The second-order valence-electron chi connectivity index (χ2n) is 3.05. The van der Waals surface area contributed by atoms with Crippen LogP contribution in [-0.2, 0) is 0 Å². The highest BCUT2D eigenvalue weighted by molar-refractivity contribution is 5.52. The van der Waals surface area contributed by atoms with Crippen molar-refractivity contribution in [2.24, 2.45) is 0 Å². The molecule has 0 fully saturated rings. The average Bonchev–Trinajstić information content (AvgIpc) is 2.26. The van der Waals surface area contributed by atoms with Crippen LogP contribution >= 0.6 is 0 Å². The number of methoxy groups -OCH3 is 1. The number of nitro groups is 1. The summed E-state index contributed by atoms with van der Waals surface area (Å²) in [5.74, 6) is 0.795. The maximum absolute atomic E-state index is 12.5. The highest BCUT2D eigenvalue weighted by Gasteiger charge is 2.20. The molecule has 1 aromatic carbocycles. The summed E-state index contributed by atoms with van der Waals surface area (Å²) in [5.41, 5.74) is 0.174. The molecule has 0 unspecified atom stereocenters. The van der Waals surface area contributed by atoms with Gasteiger partial charge in [-0.15, -0.1) is 0 Å². The SMILES string of the molecule is COc1ccc([N+](=O)[O-])c([C](C)CF)c1. The van der Waals surface area contributed by atoms with Gasteiger partial charge in [0.15, 0.2) is 0 Å². The first-order valence-corrected chi connectivity index (χ1v) is 4.31. The Morgan fingerprint density at radius 1 is 1.60 bits per heavy atom. The number of hydrogen-bond acceptors (Lipinski definition) is 3. The van der Waals surface area contributed by atoms with Gasteiger partial charge in [-0.2, -0.15) is 0 Å². The van der Waals surface area contributed by atoms with E-state index in [1.807, 2.05) is 0 Å². The maximum Gasteiger partial charge on any atom is 0.273 e. The van der Waals surface area contributed by atoms with E-state index in [2.05, 4.69) is 0 Å². The van der Waals surface area contributed by atoms with E-state index in [-0.39, 0.29) is 11.3 Å². The lowest BCUT2D eigenvalue weighted by Gasteiger charge is -2.08. The van der Waals surface area contributed by atoms with E-state index < -0.39 is 11.6 Å². The van der Waals surface area contributed by atoms with Crippen molar-refractivity contribution in [3.05, 3.63) is 39.8 Å². The van der Waals surface area contributed by atoms with Crippen molar-refractivity contribution in [1.82, 2.24) is 0 Å². The Kier molecular flexibility index (Phi) is 3.60. The van der Waals surface area contributed by atoms with Gasteiger partial charge in [0.2, 0.25) is 0 Å². The van der Waals surface area contributed by atoms with Crippen LogP contribution in [0.3, 0.4) is 0 Å². The van der Waals surface area contributed by atoms with Crippen LogP contribution in [0.15, 0.2) is 18.2 Å². The summed E-state index contributed by atoms with van der Waals surface area (Å²) >= 11 is 0. The number of nitro benzene ring substituents is 1. The fraction of sp³-hybridized carbons (Fsp3) is 0.300. The quantitative estimate of drug-likeness (QED) is 0.569. The van der Waals surface area contributed by atoms with Gasteiger partial charge in [0, 0.05) is 17.5 Å². The summed E-state index contributed by atoms with van der Waals surface area (Å²) in [6, 6.07) is 4.26. The number of halogens is 1. The summed E-state index contributed by atoms with van der Waals surface area (Å²) in [6.07, 6.45) is 0. The lowest BCUT2D eigenvalue weighted by Crippen LogP contribution is -2.02. The van der Waals surface area contributed by atoms with Crippen molar-refractivity contribution < 1.29 is 14.1 Å². The summed E-state index contributed by atoms with van der Waals surface area (Å²) in [5, 5.41) is 10.7. The third kappa shape index (κ3) is 2.43. The summed E-state index contributed by atoms with van der Waals surface area (Å²) < 4.78 is 17.4. The van der Waals surface area contributed by atoms with E-state index in [0.29, 0.717) is 11.7 Å². The first-order valence-electron chi connectivity index (χ1n) is 4.31. The Balaban J connectivity index is 3.22. The largest absolute Gasteiger partial charge is 0.497 e. The molecule has 0 aromatic heterocycles. The van der Waals surface area contributed by atoms with Gasteiger partial charge in [-0.25, -0.2) is 0 Å². The Labute approximate surface area is 86.8 Å². The van der Waals surface area contributed by atoms with E-state index in [1.165, 1.54) is 32.2 Å². The molecule has 0 aliphatic rings. The van der Waals surface area contributed by atoms with E-state index in [9.17, 15) is 14.5 Å². The maximum atomic E-state index is 12.5. The molecule has 81 valence electrons. The number of rotatable bonds is 4. The van der Waals surface area contributed by atoms with Crippen LogP contribution in [0.4, 0.5) is 10.1 Å². The molecule has 0 amide bonds. The van der Waals surface area contributed by atoms with E-state index in [1.54, 1.807) is 0 Å². The highest BCUT2D eigenvalue weighted by Crippen LogP contribution is 2.29. The Morgan fingerprint density at radius 3 is 2.73 bits per heavy atom. The number of hydrogen-bond donors (Lipinski definition) is 0. The van der Waals surface area contributed by atoms with E-state index in [4.69, 9.17) is 4.74 Å². The monoisotopic (exact) mass is 212 g/mol. The lowest BCUT2D eigenvalue weighted by atomic mass is 10.0. The third-order valence-corrected chi connectivity index (χ3v) is 2.06. The van der Waals surface area contributed by atoms with Gasteiger partial charge in [-0.05, 0) is 12.1 Å². The molecule has 0 heterocycles. The molecule has 0 aliphatic heterocycles. The molecular formula is C10H11FNO3. The second-order valence-corrected chi connectivity index (χ2v) is 3.05. The molecule has 1 aromatic rings. The zero-order valence-electron chi connectivity index (χ0n) is 8.49. The lowest BCUT2D eigenvalue weighted by molar-refractivity contribution is -0.385. The fourth-order valence-corrected chi connectivity index (χ4v) is 1.22. The molecule has 1 radical (unpaired) electrons. The number of alkyl halides is 1. The Morgan fingerprint density at radius 2 is 2.27 bits per heavy atom. The smallest absolute Gasteiger partial charge is 0.273 e. The highest BCUT2D eigenvalue weighted by atomic mass is 19.1. The molecule has 5 heteroatoms. The topological polar surface area (TPSA) is 52.4 Å². The molecule has 0 aliphatic carbocycles. The summed E-state index contributed by atoms with van der Waals surface area (Å²) in [6.45, 7) is 0.801. The molecule has 4 nitrogen and oxygen atoms in total. The predicted octanol–water partition coefficient (Wildman–Crippen LogP) is 2.52. The van der Waals surface area contributed by atoms with Crippen LogP contribution < -0.4 is 4.74 Å². The van der Waals surface area contributed by atoms with Gasteiger partial charge < -0.3 is 4.74 Å². The zero-order valence-corrected chi connectivity index (χ0v) is 8.49. The van der Waals surface area contributed by atoms with Crippen LogP contribution in [0.2, 0.25) is 0 Å². The molecule has 1 rings (SSSR count). The van der Waals surface area contributed by atoms with E-state index >= 15 is 0 Å². The average molecular weight is 212 g/mol. The van der Waals surface area contributed by atoms with Gasteiger partial charge >= 0.3 is 0 Å². The Hall–Kier alpha value is -1.65. The van der Waals surface area contributed by atoms with Gasteiger partial charge in [0.1, 0.15) is 5.75 Å². The van der Waals surface area contributed by atoms with Crippen molar-refractivity contribution in [1.29, 1.82) is 0 Å². The van der Waals surface area contributed by atoms with Gasteiger partial charge in [0.05, 0.1) is 18.7 Å². The fourth-order valence-electron chi connectivity index (χ4n) is 1.22. The van der Waals surface area contributed by atoms with Gasteiger partial charge in [0.25, 0.3) is 5.69 Å². The van der Waals surface area contributed by atoms with E-state index in [0.717, 1.165) is 0 Å². The molecule has 0 bridgehead atoms. The molecule has 15 heavy (non-hydrogen) atoms. The molecule has 0 saturated carbocycles. The van der Waals surface area contributed by atoms with Crippen LogP contribution in [0.1, 0.15) is 12.5 Å². The molecule has 0 saturated heterocycles.